The highest BCUT2D eigenvalue weighted by Gasteiger charge is 2.52. The van der Waals surface area contributed by atoms with Crippen molar-refractivity contribution in [1.82, 2.24) is 4.90 Å². The van der Waals surface area contributed by atoms with Crippen molar-refractivity contribution in [1.29, 1.82) is 0 Å². The number of benzene rings is 1. The fourth-order valence-corrected chi connectivity index (χ4v) is 4.08. The molecule has 0 fully saturated rings. The van der Waals surface area contributed by atoms with E-state index in [9.17, 15) is 9.90 Å². The molecule has 3 atom stereocenters. The van der Waals surface area contributed by atoms with Crippen molar-refractivity contribution in [2.24, 2.45) is 5.73 Å². The number of nitrogens with zero attached hydrogens (tertiary/aromatic N) is 1. The zero-order valence-corrected chi connectivity index (χ0v) is 17.1. The van der Waals surface area contributed by atoms with Crippen molar-refractivity contribution in [3.8, 4) is 11.5 Å². The van der Waals surface area contributed by atoms with Crippen LogP contribution in [0.5, 0.6) is 11.5 Å². The summed E-state index contributed by atoms with van der Waals surface area (Å²) >= 11 is 0. The van der Waals surface area contributed by atoms with Crippen LogP contribution in [-0.4, -0.2) is 48.8 Å². The molecule has 0 aromatic heterocycles. The minimum Gasteiger partial charge on any atom is -0.493 e. The zero-order chi connectivity index (χ0) is 18.2. The van der Waals surface area contributed by atoms with Gasteiger partial charge in [-0.1, -0.05) is 18.2 Å². The van der Waals surface area contributed by atoms with E-state index in [4.69, 9.17) is 9.47 Å². The fraction of sp³-hybridized carbons (Fsp3) is 0.526. The maximum absolute atomic E-state index is 9.97. The number of rotatable bonds is 1. The van der Waals surface area contributed by atoms with Crippen molar-refractivity contribution in [2.75, 3.05) is 20.7 Å². The Morgan fingerprint density at radius 2 is 2.15 bits per heavy atom. The number of primary amides is 1. The van der Waals surface area contributed by atoms with Gasteiger partial charge < -0.3 is 25.2 Å². The Morgan fingerprint density at radius 3 is 2.81 bits per heavy atom. The van der Waals surface area contributed by atoms with Gasteiger partial charge in [0.2, 0.25) is 5.91 Å². The van der Waals surface area contributed by atoms with Crippen LogP contribution in [0.1, 0.15) is 30.9 Å². The number of halogens is 1. The standard InChI is InChI=1S/C17H21NO3.C2H5NO.BrH/c1-18-8-7-17-6-5-12(19)9-14(17)21-16-13(20-2)4-3-11(10-18)15(16)17;1-2(3)4;/h3-6,12,14,19H,7-10H2,1-2H3;1H3,(H2,3,4);1H/t12-,14-,17-;;/m0../s1. The average Bonchev–Trinajstić information content (AvgIpc) is 2.79. The van der Waals surface area contributed by atoms with Gasteiger partial charge in [-0.3, -0.25) is 4.79 Å². The SMILES string of the molecule is Br.CC(N)=O.COc1ccc2c3c1O[C@H]1C[C@@H](O)C=C[C@@]31CCN(C)C2. The Labute approximate surface area is 164 Å². The molecule has 3 N–H and O–H groups in total. The lowest BCUT2D eigenvalue weighted by molar-refractivity contribution is -0.115. The summed E-state index contributed by atoms with van der Waals surface area (Å²) in [6, 6.07) is 4.16. The van der Waals surface area contributed by atoms with Crippen LogP contribution in [0.25, 0.3) is 0 Å². The van der Waals surface area contributed by atoms with Gasteiger partial charge in [0.05, 0.1) is 18.6 Å². The van der Waals surface area contributed by atoms with E-state index in [-0.39, 0.29) is 34.4 Å². The molecular weight excluding hydrogens is 400 g/mol. The number of aliphatic hydroxyl groups is 1. The van der Waals surface area contributed by atoms with Gasteiger partial charge in [-0.25, -0.2) is 0 Å². The first kappa shape index (κ1) is 20.7. The molecule has 144 valence electrons. The molecule has 1 aromatic rings. The molecule has 1 aliphatic carbocycles. The largest absolute Gasteiger partial charge is 0.493 e. The van der Waals surface area contributed by atoms with Crippen LogP contribution in [0, 0.1) is 0 Å². The Bertz CT molecular complexity index is 705. The Hall–Kier alpha value is -1.57. The second-order valence-electron chi connectivity index (χ2n) is 7.04. The Morgan fingerprint density at radius 1 is 1.46 bits per heavy atom. The van der Waals surface area contributed by atoms with Gasteiger partial charge in [0, 0.05) is 25.5 Å². The summed E-state index contributed by atoms with van der Waals surface area (Å²) in [4.78, 5) is 11.6. The molecule has 1 aromatic carbocycles. The van der Waals surface area contributed by atoms with Crippen molar-refractivity contribution in [3.05, 3.63) is 35.4 Å². The number of hydrogen-bond donors (Lipinski definition) is 2. The third-order valence-corrected chi connectivity index (χ3v) is 5.15. The van der Waals surface area contributed by atoms with Gasteiger partial charge >= 0.3 is 0 Å². The van der Waals surface area contributed by atoms with Gasteiger partial charge in [0.1, 0.15) is 6.10 Å². The summed E-state index contributed by atoms with van der Waals surface area (Å²) in [5.74, 6) is 1.35. The Kier molecular flexibility index (Phi) is 6.37. The molecule has 2 heterocycles. The third-order valence-electron chi connectivity index (χ3n) is 5.15. The minimum atomic E-state index is -0.412. The van der Waals surface area contributed by atoms with E-state index >= 15 is 0 Å². The summed E-state index contributed by atoms with van der Waals surface area (Å²) < 4.78 is 11.8. The van der Waals surface area contributed by atoms with Crippen LogP contribution in [0.2, 0.25) is 0 Å². The van der Waals surface area contributed by atoms with E-state index < -0.39 is 6.10 Å². The van der Waals surface area contributed by atoms with E-state index in [0.29, 0.717) is 6.42 Å². The molecule has 1 spiro atoms. The van der Waals surface area contributed by atoms with Crippen LogP contribution in [0.4, 0.5) is 0 Å². The van der Waals surface area contributed by atoms with Gasteiger partial charge in [0.15, 0.2) is 11.5 Å². The van der Waals surface area contributed by atoms with Crippen molar-refractivity contribution < 1.29 is 19.4 Å². The molecule has 0 bridgehead atoms. The van der Waals surface area contributed by atoms with Gasteiger partial charge in [0.25, 0.3) is 0 Å². The van der Waals surface area contributed by atoms with Gasteiger partial charge in [-0.15, -0.1) is 17.0 Å². The molecule has 1 amide bonds. The average molecular weight is 427 g/mol. The smallest absolute Gasteiger partial charge is 0.214 e. The van der Waals surface area contributed by atoms with Gasteiger partial charge in [-0.2, -0.15) is 0 Å². The molecular formula is C19H27BrN2O4. The van der Waals surface area contributed by atoms with Crippen LogP contribution >= 0.6 is 17.0 Å². The summed E-state index contributed by atoms with van der Waals surface area (Å²) in [5, 5.41) is 9.97. The third kappa shape index (κ3) is 3.61. The minimum absolute atomic E-state index is 0. The van der Waals surface area contributed by atoms with Gasteiger partial charge in [-0.05, 0) is 31.6 Å². The molecule has 26 heavy (non-hydrogen) atoms. The lowest BCUT2D eigenvalue weighted by Crippen LogP contribution is -2.42. The maximum Gasteiger partial charge on any atom is 0.214 e. The topological polar surface area (TPSA) is 85.0 Å². The van der Waals surface area contributed by atoms with E-state index in [2.05, 4.69) is 29.8 Å². The lowest BCUT2D eigenvalue weighted by Gasteiger charge is -2.35. The van der Waals surface area contributed by atoms with Crippen molar-refractivity contribution in [3.63, 3.8) is 0 Å². The quantitative estimate of drug-likeness (QED) is 0.669. The summed E-state index contributed by atoms with van der Waals surface area (Å²) in [5.41, 5.74) is 6.96. The first-order valence-corrected chi connectivity index (χ1v) is 8.56. The Balaban J connectivity index is 0.000000444. The molecule has 7 heteroatoms. The number of carbonyl (C=O) groups is 1. The number of ether oxygens (including phenoxy) is 2. The number of nitrogens with two attached hydrogens (primary N) is 1. The number of methoxy groups -OCH3 is 1. The highest BCUT2D eigenvalue weighted by molar-refractivity contribution is 8.93. The first-order chi connectivity index (χ1) is 11.9. The summed E-state index contributed by atoms with van der Waals surface area (Å²) in [6.07, 6.45) is 5.38. The van der Waals surface area contributed by atoms with Crippen LogP contribution < -0.4 is 15.2 Å². The highest BCUT2D eigenvalue weighted by Crippen LogP contribution is 2.55. The van der Waals surface area contributed by atoms with Crippen molar-refractivity contribution >= 4 is 22.9 Å². The van der Waals surface area contributed by atoms with E-state index in [1.165, 1.54) is 18.1 Å². The van der Waals surface area contributed by atoms with Crippen molar-refractivity contribution in [2.45, 2.75) is 43.9 Å². The number of hydrogen-bond acceptors (Lipinski definition) is 5. The molecule has 0 saturated heterocycles. The maximum atomic E-state index is 9.97. The van der Waals surface area contributed by atoms with E-state index in [0.717, 1.165) is 31.0 Å². The molecule has 3 aliphatic rings. The number of amides is 1. The summed E-state index contributed by atoms with van der Waals surface area (Å²) in [7, 11) is 3.84. The lowest BCUT2D eigenvalue weighted by atomic mass is 9.69. The fourth-order valence-electron chi connectivity index (χ4n) is 4.08. The first-order valence-electron chi connectivity index (χ1n) is 8.56. The molecule has 0 radical (unpaired) electrons. The highest BCUT2D eigenvalue weighted by atomic mass is 79.9. The molecule has 4 rings (SSSR count). The van der Waals surface area contributed by atoms with E-state index in [1.807, 2.05) is 12.1 Å². The predicted molar refractivity (Wildman–Crippen MR) is 105 cm³/mol. The monoisotopic (exact) mass is 426 g/mol. The van der Waals surface area contributed by atoms with Crippen LogP contribution in [0.3, 0.4) is 0 Å². The normalized spacial score (nSPS) is 28.3. The van der Waals surface area contributed by atoms with E-state index in [1.54, 1.807) is 7.11 Å². The molecule has 0 unspecified atom stereocenters. The van der Waals surface area contributed by atoms with Crippen LogP contribution in [-0.2, 0) is 16.8 Å². The number of carbonyl (C=O) groups excluding carboxylic acids is 1. The molecule has 2 aliphatic heterocycles. The molecule has 0 saturated carbocycles. The second kappa shape index (κ2) is 7.98. The number of aliphatic hydroxyl groups excluding tert-OH is 1. The summed E-state index contributed by atoms with van der Waals surface area (Å²) in [6.45, 7) is 3.26. The molecule has 6 nitrogen and oxygen atoms in total. The van der Waals surface area contributed by atoms with Crippen LogP contribution in [0.15, 0.2) is 24.3 Å². The predicted octanol–water partition coefficient (Wildman–Crippen LogP) is 1.92. The second-order valence-corrected chi connectivity index (χ2v) is 7.04. The zero-order valence-electron chi connectivity index (χ0n) is 15.4.